The summed E-state index contributed by atoms with van der Waals surface area (Å²) in [5.41, 5.74) is 5.09. The Bertz CT molecular complexity index is 1520. The van der Waals surface area contributed by atoms with Gasteiger partial charge in [-0.25, -0.2) is 10.1 Å². The summed E-state index contributed by atoms with van der Waals surface area (Å²) in [6.45, 7) is 2.31. The van der Waals surface area contributed by atoms with E-state index in [4.69, 9.17) is 0 Å². The number of aromatic nitrogens is 8. The lowest BCUT2D eigenvalue weighted by atomic mass is 9.98. The molecular weight excluding hydrogens is 404 g/mol. The maximum absolute atomic E-state index is 9.47. The Morgan fingerprint density at radius 3 is 2.31 bits per heavy atom. The monoisotopic (exact) mass is 418 g/mol. The number of fused-ring (bicyclic) bond motifs is 1. The number of tetrazole rings is 1. The van der Waals surface area contributed by atoms with Crippen LogP contribution < -0.4 is 0 Å². The van der Waals surface area contributed by atoms with E-state index in [1.807, 2.05) is 72.2 Å². The molecule has 3 heterocycles. The van der Waals surface area contributed by atoms with Gasteiger partial charge in [-0.1, -0.05) is 48.5 Å². The highest BCUT2D eigenvalue weighted by molar-refractivity contribution is 5.84. The highest BCUT2D eigenvalue weighted by Crippen LogP contribution is 2.30. The van der Waals surface area contributed by atoms with Crippen molar-refractivity contribution >= 4 is 11.0 Å². The summed E-state index contributed by atoms with van der Waals surface area (Å²) < 4.78 is 1.88. The number of H-pyrrole nitrogens is 1. The summed E-state index contributed by atoms with van der Waals surface area (Å²) in [5.74, 6) is 1.28. The minimum Gasteiger partial charge on any atom is -0.321 e. The molecule has 3 aromatic heterocycles. The fourth-order valence-electron chi connectivity index (χ4n) is 3.70. The van der Waals surface area contributed by atoms with Crippen molar-refractivity contribution in [3.8, 4) is 34.7 Å². The van der Waals surface area contributed by atoms with Crippen molar-refractivity contribution in [1.82, 2.24) is 40.4 Å². The quantitative estimate of drug-likeness (QED) is 0.469. The molecule has 0 spiro atoms. The van der Waals surface area contributed by atoms with Gasteiger partial charge in [-0.2, -0.15) is 10.5 Å². The van der Waals surface area contributed by atoms with Crippen LogP contribution in [-0.2, 0) is 6.54 Å². The minimum atomic E-state index is 0.106. The summed E-state index contributed by atoms with van der Waals surface area (Å²) >= 11 is 0. The molecule has 0 fully saturated rings. The van der Waals surface area contributed by atoms with Crippen LogP contribution in [0.2, 0.25) is 0 Å². The van der Waals surface area contributed by atoms with Crippen LogP contribution in [0.25, 0.3) is 33.5 Å². The summed E-state index contributed by atoms with van der Waals surface area (Å²) in [6, 6.07) is 20.0. The average Bonchev–Trinajstić information content (AvgIpc) is 3.48. The van der Waals surface area contributed by atoms with Gasteiger partial charge in [-0.3, -0.25) is 0 Å². The fourth-order valence-corrected chi connectivity index (χ4v) is 3.70. The standard InChI is InChI=1S/C22H14N10/c1-13-25-20-18(10-23)26-27-19(11-24)21(20)32(13)12-14-6-8-15(9-7-14)16-4-2-3-5-17(16)22-28-30-31-29-22/h2-9H,12H2,1H3,(H,28,29,30,31). The van der Waals surface area contributed by atoms with Gasteiger partial charge in [0.2, 0.25) is 0 Å². The molecule has 0 saturated carbocycles. The van der Waals surface area contributed by atoms with E-state index in [0.717, 1.165) is 22.3 Å². The Morgan fingerprint density at radius 2 is 1.62 bits per heavy atom. The van der Waals surface area contributed by atoms with E-state index in [1.54, 1.807) is 0 Å². The summed E-state index contributed by atoms with van der Waals surface area (Å²) in [5, 5.41) is 40.6. The van der Waals surface area contributed by atoms with Gasteiger partial charge in [0, 0.05) is 12.1 Å². The van der Waals surface area contributed by atoms with E-state index in [2.05, 4.69) is 35.8 Å². The van der Waals surface area contributed by atoms with Gasteiger partial charge in [-0.15, -0.1) is 15.3 Å². The lowest BCUT2D eigenvalue weighted by Crippen LogP contribution is -2.04. The number of imidazole rings is 1. The summed E-state index contributed by atoms with van der Waals surface area (Å²) in [6.07, 6.45) is 0. The number of nitrogens with zero attached hydrogens (tertiary/aromatic N) is 9. The maximum Gasteiger partial charge on any atom is 0.190 e. The molecule has 0 unspecified atom stereocenters. The lowest BCUT2D eigenvalue weighted by Gasteiger charge is -2.10. The SMILES string of the molecule is Cc1nc2c(C#N)nnc(C#N)c2n1Cc1ccc(-c2ccccc2-c2nnn[nH]2)cc1. The van der Waals surface area contributed by atoms with Gasteiger partial charge in [0.1, 0.15) is 29.0 Å². The molecule has 1 N–H and O–H groups in total. The number of hydrogen-bond acceptors (Lipinski definition) is 8. The highest BCUT2D eigenvalue weighted by Gasteiger charge is 2.18. The number of aryl methyl sites for hydroxylation is 1. The molecule has 0 amide bonds. The first-order valence-corrected chi connectivity index (χ1v) is 9.65. The normalized spacial score (nSPS) is 10.7. The molecule has 2 aromatic carbocycles. The second-order valence-corrected chi connectivity index (χ2v) is 7.06. The largest absolute Gasteiger partial charge is 0.321 e. The predicted octanol–water partition coefficient (Wildman–Crippen LogP) is 2.77. The van der Waals surface area contributed by atoms with E-state index in [0.29, 0.717) is 29.2 Å². The van der Waals surface area contributed by atoms with Crippen LogP contribution in [0, 0.1) is 29.6 Å². The second kappa shape index (κ2) is 7.70. The van der Waals surface area contributed by atoms with Crippen LogP contribution in [0.5, 0.6) is 0 Å². The topological polar surface area (TPSA) is 146 Å². The number of rotatable bonds is 4. The van der Waals surface area contributed by atoms with Gasteiger partial charge >= 0.3 is 0 Å². The zero-order valence-electron chi connectivity index (χ0n) is 16.9. The Labute approximate surface area is 181 Å². The van der Waals surface area contributed by atoms with E-state index in [9.17, 15) is 10.5 Å². The predicted molar refractivity (Wildman–Crippen MR) is 114 cm³/mol. The van der Waals surface area contributed by atoms with Crippen molar-refractivity contribution in [2.24, 2.45) is 0 Å². The van der Waals surface area contributed by atoms with Crippen LogP contribution in [0.3, 0.4) is 0 Å². The number of benzene rings is 2. The first-order valence-electron chi connectivity index (χ1n) is 9.65. The third kappa shape index (κ3) is 3.13. The summed E-state index contributed by atoms with van der Waals surface area (Å²) in [4.78, 5) is 4.46. The van der Waals surface area contributed by atoms with E-state index in [1.165, 1.54) is 0 Å². The molecule has 0 aliphatic carbocycles. The van der Waals surface area contributed by atoms with Crippen molar-refractivity contribution in [2.75, 3.05) is 0 Å². The maximum atomic E-state index is 9.47. The molecule has 10 nitrogen and oxygen atoms in total. The zero-order chi connectivity index (χ0) is 22.1. The van der Waals surface area contributed by atoms with Crippen LogP contribution >= 0.6 is 0 Å². The Kier molecular flexibility index (Phi) is 4.58. The third-order valence-corrected chi connectivity index (χ3v) is 5.20. The zero-order valence-corrected chi connectivity index (χ0v) is 16.9. The molecule has 0 aliphatic heterocycles. The molecule has 5 aromatic rings. The molecule has 0 atom stereocenters. The van der Waals surface area contributed by atoms with Crippen molar-refractivity contribution in [3.05, 3.63) is 71.3 Å². The van der Waals surface area contributed by atoms with Crippen LogP contribution in [0.4, 0.5) is 0 Å². The third-order valence-electron chi connectivity index (χ3n) is 5.20. The summed E-state index contributed by atoms with van der Waals surface area (Å²) in [7, 11) is 0. The first kappa shape index (κ1) is 19.0. The van der Waals surface area contributed by atoms with Crippen molar-refractivity contribution in [2.45, 2.75) is 13.5 Å². The molecule has 0 aliphatic rings. The Balaban J connectivity index is 1.53. The van der Waals surface area contributed by atoms with E-state index in [-0.39, 0.29) is 11.4 Å². The molecule has 5 rings (SSSR count). The number of hydrogen-bond donors (Lipinski definition) is 1. The van der Waals surface area contributed by atoms with Gasteiger partial charge < -0.3 is 4.57 Å². The molecule has 0 saturated heterocycles. The molecule has 10 heteroatoms. The van der Waals surface area contributed by atoms with Crippen molar-refractivity contribution in [1.29, 1.82) is 10.5 Å². The fraction of sp³-hybridized carbons (Fsp3) is 0.0909. The van der Waals surface area contributed by atoms with Crippen LogP contribution in [-0.4, -0.2) is 40.4 Å². The Hall–Kier alpha value is -4.96. The van der Waals surface area contributed by atoms with Gasteiger partial charge in [-0.05, 0) is 34.0 Å². The molecular formula is C22H14N10. The van der Waals surface area contributed by atoms with E-state index >= 15 is 0 Å². The number of aromatic amines is 1. The lowest BCUT2D eigenvalue weighted by molar-refractivity contribution is 0.782. The number of nitriles is 2. The Morgan fingerprint density at radius 1 is 0.906 bits per heavy atom. The molecule has 32 heavy (non-hydrogen) atoms. The van der Waals surface area contributed by atoms with Crippen LogP contribution in [0.15, 0.2) is 48.5 Å². The van der Waals surface area contributed by atoms with Crippen LogP contribution in [0.1, 0.15) is 22.8 Å². The van der Waals surface area contributed by atoms with Crippen molar-refractivity contribution < 1.29 is 0 Å². The van der Waals surface area contributed by atoms with Gasteiger partial charge in [0.15, 0.2) is 17.2 Å². The highest BCUT2D eigenvalue weighted by atomic mass is 15.5. The smallest absolute Gasteiger partial charge is 0.190 e. The number of nitrogens with one attached hydrogen (secondary N) is 1. The molecule has 0 radical (unpaired) electrons. The second-order valence-electron chi connectivity index (χ2n) is 7.06. The molecule has 0 bridgehead atoms. The minimum absolute atomic E-state index is 0.106. The van der Waals surface area contributed by atoms with Gasteiger partial charge in [0.05, 0.1) is 0 Å². The first-order chi connectivity index (χ1) is 15.7. The van der Waals surface area contributed by atoms with Gasteiger partial charge in [0.25, 0.3) is 0 Å². The van der Waals surface area contributed by atoms with Crippen molar-refractivity contribution in [3.63, 3.8) is 0 Å². The van der Waals surface area contributed by atoms with E-state index < -0.39 is 0 Å². The average molecular weight is 418 g/mol. The molecule has 152 valence electrons.